The van der Waals surface area contributed by atoms with Gasteiger partial charge in [-0.05, 0) is 35.7 Å². The number of rotatable bonds is 9. The Labute approximate surface area is 213 Å². The SMILES string of the molecule is CC(C)[C@H](NC(=O)CC(NC(=O)c1ccc2c(c1)OCO2)c1cccnc1)C(=O)[C@@H]1C(=O)NC(=O)[C@H]1C. The summed E-state index contributed by atoms with van der Waals surface area (Å²) in [7, 11) is 0. The molecule has 37 heavy (non-hydrogen) atoms. The van der Waals surface area contributed by atoms with E-state index in [1.165, 1.54) is 6.92 Å². The number of ether oxygens (including phenoxy) is 2. The number of hydrogen-bond donors (Lipinski definition) is 3. The average Bonchev–Trinajstić information content (AvgIpc) is 3.44. The lowest BCUT2D eigenvalue weighted by atomic mass is 9.85. The predicted octanol–water partition coefficient (Wildman–Crippen LogP) is 1.29. The minimum absolute atomic E-state index is 0.0735. The lowest BCUT2D eigenvalue weighted by Crippen LogP contribution is -2.49. The van der Waals surface area contributed by atoms with Crippen molar-refractivity contribution in [2.24, 2.45) is 17.8 Å². The number of carbonyl (C=O) groups excluding carboxylic acids is 5. The van der Waals surface area contributed by atoms with Gasteiger partial charge in [0.15, 0.2) is 17.3 Å². The number of benzene rings is 1. The summed E-state index contributed by atoms with van der Waals surface area (Å²) in [5.74, 6) is -3.99. The van der Waals surface area contributed by atoms with Crippen LogP contribution in [-0.4, -0.2) is 47.2 Å². The van der Waals surface area contributed by atoms with E-state index in [2.05, 4.69) is 20.9 Å². The molecule has 0 bridgehead atoms. The largest absolute Gasteiger partial charge is 0.454 e. The van der Waals surface area contributed by atoms with Crippen molar-refractivity contribution in [1.82, 2.24) is 20.9 Å². The molecule has 0 aliphatic carbocycles. The molecule has 4 amide bonds. The first kappa shape index (κ1) is 25.8. The molecule has 3 N–H and O–H groups in total. The number of hydrogen-bond acceptors (Lipinski definition) is 8. The van der Waals surface area contributed by atoms with Gasteiger partial charge in [0.05, 0.1) is 24.4 Å². The van der Waals surface area contributed by atoms with Gasteiger partial charge in [-0.2, -0.15) is 0 Å². The highest BCUT2D eigenvalue weighted by Gasteiger charge is 2.46. The highest BCUT2D eigenvalue weighted by molar-refractivity contribution is 6.16. The maximum absolute atomic E-state index is 13.2. The van der Waals surface area contributed by atoms with Gasteiger partial charge in [-0.25, -0.2) is 0 Å². The third kappa shape index (κ3) is 5.60. The van der Waals surface area contributed by atoms with Gasteiger partial charge >= 0.3 is 0 Å². The summed E-state index contributed by atoms with van der Waals surface area (Å²) in [5.41, 5.74) is 0.910. The molecule has 11 heteroatoms. The van der Waals surface area contributed by atoms with Crippen molar-refractivity contribution in [2.75, 3.05) is 6.79 Å². The highest BCUT2D eigenvalue weighted by Crippen LogP contribution is 2.32. The zero-order chi connectivity index (χ0) is 26.7. The monoisotopic (exact) mass is 508 g/mol. The Balaban J connectivity index is 1.49. The Morgan fingerprint density at radius 2 is 1.84 bits per heavy atom. The quantitative estimate of drug-likeness (QED) is 0.338. The van der Waals surface area contributed by atoms with Crippen LogP contribution in [0.1, 0.15) is 49.2 Å². The van der Waals surface area contributed by atoms with Crippen molar-refractivity contribution in [3.8, 4) is 11.5 Å². The third-order valence-corrected chi connectivity index (χ3v) is 6.46. The molecule has 0 saturated carbocycles. The second kappa shape index (κ2) is 10.8. The number of nitrogens with one attached hydrogen (secondary N) is 3. The molecule has 1 unspecified atom stereocenters. The van der Waals surface area contributed by atoms with Gasteiger partial charge < -0.3 is 20.1 Å². The van der Waals surface area contributed by atoms with Crippen LogP contribution < -0.4 is 25.4 Å². The maximum atomic E-state index is 13.2. The number of fused-ring (bicyclic) bond motifs is 1. The molecule has 0 radical (unpaired) electrons. The number of nitrogens with zero attached hydrogens (tertiary/aromatic N) is 1. The van der Waals surface area contributed by atoms with Crippen molar-refractivity contribution in [1.29, 1.82) is 0 Å². The van der Waals surface area contributed by atoms with Crippen LogP contribution in [0.4, 0.5) is 0 Å². The van der Waals surface area contributed by atoms with Crippen LogP contribution >= 0.6 is 0 Å². The maximum Gasteiger partial charge on any atom is 0.251 e. The van der Waals surface area contributed by atoms with Crippen molar-refractivity contribution in [2.45, 2.75) is 39.3 Å². The molecule has 4 atom stereocenters. The smallest absolute Gasteiger partial charge is 0.251 e. The lowest BCUT2D eigenvalue weighted by Gasteiger charge is -2.26. The van der Waals surface area contributed by atoms with E-state index in [1.807, 2.05) is 0 Å². The Kier molecular flexibility index (Phi) is 7.51. The Morgan fingerprint density at radius 1 is 1.08 bits per heavy atom. The number of amides is 4. The van der Waals surface area contributed by atoms with Crippen LogP contribution in [0.3, 0.4) is 0 Å². The first-order chi connectivity index (χ1) is 17.7. The van der Waals surface area contributed by atoms with Gasteiger partial charge in [0.2, 0.25) is 24.5 Å². The summed E-state index contributed by atoms with van der Waals surface area (Å²) in [6, 6.07) is 6.44. The van der Waals surface area contributed by atoms with Gasteiger partial charge in [0, 0.05) is 18.0 Å². The van der Waals surface area contributed by atoms with Crippen LogP contribution in [0.2, 0.25) is 0 Å². The molecule has 1 fully saturated rings. The predicted molar refractivity (Wildman–Crippen MR) is 129 cm³/mol. The van der Waals surface area contributed by atoms with Gasteiger partial charge in [-0.3, -0.25) is 34.3 Å². The molecular weight excluding hydrogens is 480 g/mol. The van der Waals surface area contributed by atoms with E-state index < -0.39 is 53.3 Å². The molecule has 2 aromatic rings. The standard InChI is InChI=1S/C26H28N4O7/c1-13(2)22(23(32)21-14(3)24(33)30-26(21)35)29-20(31)10-17(16-5-4-8-27-11-16)28-25(34)15-6-7-18-19(9-15)37-12-36-18/h4-9,11,13-14,17,21-22H,10,12H2,1-3H3,(H,28,34)(H,29,31)(H,30,33,35)/t14-,17?,21+,22-/m0/s1. The van der Waals surface area contributed by atoms with Crippen molar-refractivity contribution in [3.63, 3.8) is 0 Å². The van der Waals surface area contributed by atoms with Crippen LogP contribution in [0.5, 0.6) is 11.5 Å². The van der Waals surface area contributed by atoms with Crippen molar-refractivity contribution in [3.05, 3.63) is 53.9 Å². The van der Waals surface area contributed by atoms with Gasteiger partial charge in [0.25, 0.3) is 5.91 Å². The Bertz CT molecular complexity index is 1230. The van der Waals surface area contributed by atoms with Crippen LogP contribution in [-0.2, 0) is 19.2 Å². The number of imide groups is 1. The normalized spacial score (nSPS) is 19.8. The molecule has 194 valence electrons. The molecule has 1 aromatic carbocycles. The first-order valence-electron chi connectivity index (χ1n) is 11.9. The summed E-state index contributed by atoms with van der Waals surface area (Å²) in [6.07, 6.45) is 2.92. The molecule has 11 nitrogen and oxygen atoms in total. The van der Waals surface area contributed by atoms with Crippen LogP contribution in [0, 0.1) is 17.8 Å². The summed E-state index contributed by atoms with van der Waals surface area (Å²) >= 11 is 0. The summed E-state index contributed by atoms with van der Waals surface area (Å²) < 4.78 is 10.6. The summed E-state index contributed by atoms with van der Waals surface area (Å²) in [6.45, 7) is 5.06. The number of ketones is 1. The highest BCUT2D eigenvalue weighted by atomic mass is 16.7. The molecule has 3 heterocycles. The van der Waals surface area contributed by atoms with E-state index in [0.717, 1.165) is 0 Å². The fourth-order valence-corrected chi connectivity index (χ4v) is 4.36. The fraction of sp³-hybridized carbons (Fsp3) is 0.385. The van der Waals surface area contributed by atoms with E-state index >= 15 is 0 Å². The zero-order valence-corrected chi connectivity index (χ0v) is 20.6. The minimum atomic E-state index is -1.17. The minimum Gasteiger partial charge on any atom is -0.454 e. The molecule has 2 aliphatic rings. The van der Waals surface area contributed by atoms with E-state index in [-0.39, 0.29) is 19.1 Å². The lowest BCUT2D eigenvalue weighted by molar-refractivity contribution is -0.137. The molecular formula is C26H28N4O7. The van der Waals surface area contributed by atoms with Crippen molar-refractivity contribution >= 4 is 29.4 Å². The van der Waals surface area contributed by atoms with Crippen molar-refractivity contribution < 1.29 is 33.4 Å². The van der Waals surface area contributed by atoms with E-state index in [1.54, 1.807) is 56.6 Å². The summed E-state index contributed by atoms with van der Waals surface area (Å²) in [4.78, 5) is 67.5. The average molecular weight is 509 g/mol. The van der Waals surface area contributed by atoms with E-state index in [4.69, 9.17) is 9.47 Å². The topological polar surface area (TPSA) is 153 Å². The van der Waals surface area contributed by atoms with Gasteiger partial charge in [-0.15, -0.1) is 0 Å². The van der Waals surface area contributed by atoms with Crippen LogP contribution in [0.25, 0.3) is 0 Å². The van der Waals surface area contributed by atoms with Crippen LogP contribution in [0.15, 0.2) is 42.7 Å². The molecule has 2 aliphatic heterocycles. The second-order valence-electron chi connectivity index (χ2n) is 9.40. The zero-order valence-electron chi connectivity index (χ0n) is 20.6. The van der Waals surface area contributed by atoms with E-state index in [0.29, 0.717) is 22.6 Å². The number of aromatic nitrogens is 1. The molecule has 1 saturated heterocycles. The third-order valence-electron chi connectivity index (χ3n) is 6.46. The second-order valence-corrected chi connectivity index (χ2v) is 9.40. The van der Waals surface area contributed by atoms with E-state index in [9.17, 15) is 24.0 Å². The number of pyridine rings is 1. The molecule has 1 aromatic heterocycles. The number of Topliss-reactive ketones (excluding diaryl/α,β-unsaturated/α-hetero) is 1. The number of carbonyl (C=O) groups is 5. The fourth-order valence-electron chi connectivity index (χ4n) is 4.36. The Hall–Kier alpha value is -4.28. The van der Waals surface area contributed by atoms with Gasteiger partial charge in [0.1, 0.15) is 5.92 Å². The van der Waals surface area contributed by atoms with Gasteiger partial charge in [-0.1, -0.05) is 26.8 Å². The molecule has 0 spiro atoms. The summed E-state index contributed by atoms with van der Waals surface area (Å²) in [5, 5.41) is 7.73. The molecule has 4 rings (SSSR count). The first-order valence-corrected chi connectivity index (χ1v) is 11.9. The Morgan fingerprint density at radius 3 is 2.49 bits per heavy atom.